The standard InChI is InChI=1S/C14H10N4O3/c19-13(11-12(14(20)21)17-6-5-16-11)18-9-1-2-10-8(7-9)3-4-15-10/h1-7,15H,(H,18,19)(H,20,21). The molecule has 0 fully saturated rings. The number of anilines is 1. The number of rotatable bonds is 3. The molecule has 0 saturated heterocycles. The van der Waals surface area contributed by atoms with Crippen LogP contribution in [0.25, 0.3) is 10.9 Å². The lowest BCUT2D eigenvalue weighted by Crippen LogP contribution is -2.19. The van der Waals surface area contributed by atoms with Gasteiger partial charge in [-0.1, -0.05) is 0 Å². The molecular formula is C14H10N4O3. The van der Waals surface area contributed by atoms with Crippen molar-refractivity contribution in [2.75, 3.05) is 5.32 Å². The van der Waals surface area contributed by atoms with Gasteiger partial charge >= 0.3 is 5.97 Å². The molecule has 1 amide bonds. The number of amides is 1. The Labute approximate surface area is 118 Å². The first kappa shape index (κ1) is 12.8. The molecule has 2 aromatic heterocycles. The van der Waals surface area contributed by atoms with Crippen LogP contribution in [-0.4, -0.2) is 31.9 Å². The first-order valence-electron chi connectivity index (χ1n) is 6.08. The lowest BCUT2D eigenvalue weighted by molar-refractivity contribution is 0.0685. The summed E-state index contributed by atoms with van der Waals surface area (Å²) in [6.07, 6.45) is 4.30. The molecule has 3 rings (SSSR count). The first-order chi connectivity index (χ1) is 10.1. The van der Waals surface area contributed by atoms with Gasteiger partial charge in [0.2, 0.25) is 0 Å². The molecule has 3 N–H and O–H groups in total. The van der Waals surface area contributed by atoms with Crippen LogP contribution in [0.1, 0.15) is 21.0 Å². The second-order valence-corrected chi connectivity index (χ2v) is 4.29. The van der Waals surface area contributed by atoms with Crippen molar-refractivity contribution in [2.45, 2.75) is 0 Å². The number of carbonyl (C=O) groups is 2. The minimum atomic E-state index is -1.30. The second-order valence-electron chi connectivity index (χ2n) is 4.29. The summed E-state index contributed by atoms with van der Waals surface area (Å²) in [5, 5.41) is 12.6. The van der Waals surface area contributed by atoms with Crippen molar-refractivity contribution in [3.8, 4) is 0 Å². The zero-order chi connectivity index (χ0) is 14.8. The number of nitrogens with one attached hydrogen (secondary N) is 2. The van der Waals surface area contributed by atoms with Crippen LogP contribution in [0.2, 0.25) is 0 Å². The Morgan fingerprint density at radius 1 is 1.10 bits per heavy atom. The third-order valence-corrected chi connectivity index (χ3v) is 2.93. The van der Waals surface area contributed by atoms with Crippen LogP contribution in [0, 0.1) is 0 Å². The fraction of sp³-hybridized carbons (Fsp3) is 0. The molecule has 0 aliphatic heterocycles. The van der Waals surface area contributed by atoms with Crippen molar-refractivity contribution in [3.05, 3.63) is 54.2 Å². The van der Waals surface area contributed by atoms with E-state index in [0.29, 0.717) is 5.69 Å². The summed E-state index contributed by atoms with van der Waals surface area (Å²) in [5.41, 5.74) is 0.893. The van der Waals surface area contributed by atoms with E-state index >= 15 is 0 Å². The number of hydrogen-bond acceptors (Lipinski definition) is 4. The number of carboxylic acids is 1. The van der Waals surface area contributed by atoms with Crippen LogP contribution >= 0.6 is 0 Å². The summed E-state index contributed by atoms with van der Waals surface area (Å²) in [4.78, 5) is 33.6. The van der Waals surface area contributed by atoms with E-state index in [-0.39, 0.29) is 11.4 Å². The lowest BCUT2D eigenvalue weighted by Gasteiger charge is -2.06. The highest BCUT2D eigenvalue weighted by molar-refractivity contribution is 6.08. The quantitative estimate of drug-likeness (QED) is 0.680. The predicted octanol–water partition coefficient (Wildman–Crippen LogP) is 1.91. The molecule has 104 valence electrons. The normalized spacial score (nSPS) is 10.5. The maximum atomic E-state index is 12.1. The minimum absolute atomic E-state index is 0.223. The molecule has 0 radical (unpaired) electrons. The molecule has 0 unspecified atom stereocenters. The zero-order valence-electron chi connectivity index (χ0n) is 10.7. The molecule has 0 spiro atoms. The van der Waals surface area contributed by atoms with Gasteiger partial charge in [0, 0.05) is 35.2 Å². The number of fused-ring (bicyclic) bond motifs is 1. The largest absolute Gasteiger partial charge is 0.476 e. The molecule has 0 aliphatic carbocycles. The third kappa shape index (κ3) is 2.44. The minimum Gasteiger partial charge on any atom is -0.476 e. The van der Waals surface area contributed by atoms with Gasteiger partial charge in [-0.2, -0.15) is 0 Å². The Kier molecular flexibility index (Phi) is 3.07. The van der Waals surface area contributed by atoms with Crippen molar-refractivity contribution < 1.29 is 14.7 Å². The van der Waals surface area contributed by atoms with Crippen LogP contribution in [0.5, 0.6) is 0 Å². The SMILES string of the molecule is O=C(O)c1nccnc1C(=O)Nc1ccc2[nH]ccc2c1. The first-order valence-corrected chi connectivity index (χ1v) is 6.08. The van der Waals surface area contributed by atoms with Gasteiger partial charge < -0.3 is 15.4 Å². The summed E-state index contributed by atoms with van der Waals surface area (Å²) >= 11 is 0. The number of aromatic nitrogens is 3. The number of carboxylic acid groups (broad SMARTS) is 1. The predicted molar refractivity (Wildman–Crippen MR) is 75.2 cm³/mol. The monoisotopic (exact) mass is 282 g/mol. The molecule has 21 heavy (non-hydrogen) atoms. The van der Waals surface area contributed by atoms with E-state index in [9.17, 15) is 9.59 Å². The summed E-state index contributed by atoms with van der Waals surface area (Å²) in [6.45, 7) is 0. The molecule has 7 heteroatoms. The van der Waals surface area contributed by atoms with Crippen molar-refractivity contribution in [1.82, 2.24) is 15.0 Å². The molecule has 0 atom stereocenters. The Hall–Kier alpha value is -3.22. The van der Waals surface area contributed by atoms with Gasteiger partial charge in [0.1, 0.15) is 0 Å². The van der Waals surface area contributed by atoms with Crippen LogP contribution in [0.3, 0.4) is 0 Å². The Morgan fingerprint density at radius 3 is 2.62 bits per heavy atom. The van der Waals surface area contributed by atoms with E-state index < -0.39 is 11.9 Å². The number of nitrogens with zero attached hydrogens (tertiary/aromatic N) is 2. The van der Waals surface area contributed by atoms with Gasteiger partial charge in [0.15, 0.2) is 11.4 Å². The lowest BCUT2D eigenvalue weighted by atomic mass is 10.2. The number of benzene rings is 1. The van der Waals surface area contributed by atoms with Crippen LogP contribution in [-0.2, 0) is 0 Å². The highest BCUT2D eigenvalue weighted by Crippen LogP contribution is 2.18. The number of aromatic amines is 1. The number of carbonyl (C=O) groups excluding carboxylic acids is 1. The summed E-state index contributed by atoms with van der Waals surface area (Å²) in [5.74, 6) is -1.91. The Balaban J connectivity index is 1.91. The van der Waals surface area contributed by atoms with Crippen molar-refractivity contribution >= 4 is 28.5 Å². The third-order valence-electron chi connectivity index (χ3n) is 2.93. The van der Waals surface area contributed by atoms with Gasteiger partial charge in [-0.15, -0.1) is 0 Å². The van der Waals surface area contributed by atoms with E-state index in [1.807, 2.05) is 12.1 Å². The molecular weight excluding hydrogens is 272 g/mol. The number of aromatic carboxylic acids is 1. The molecule has 3 aromatic rings. The van der Waals surface area contributed by atoms with Crippen molar-refractivity contribution in [1.29, 1.82) is 0 Å². The van der Waals surface area contributed by atoms with Gasteiger partial charge in [-0.25, -0.2) is 14.8 Å². The molecule has 0 saturated carbocycles. The van der Waals surface area contributed by atoms with Crippen molar-refractivity contribution in [2.24, 2.45) is 0 Å². The smallest absolute Gasteiger partial charge is 0.356 e. The van der Waals surface area contributed by atoms with E-state index in [1.165, 1.54) is 12.4 Å². The maximum absolute atomic E-state index is 12.1. The maximum Gasteiger partial charge on any atom is 0.356 e. The zero-order valence-corrected chi connectivity index (χ0v) is 10.7. The van der Waals surface area contributed by atoms with E-state index in [0.717, 1.165) is 10.9 Å². The van der Waals surface area contributed by atoms with Gasteiger partial charge in [0.25, 0.3) is 5.91 Å². The van der Waals surface area contributed by atoms with Crippen LogP contribution < -0.4 is 5.32 Å². The second kappa shape index (κ2) is 5.04. The van der Waals surface area contributed by atoms with Gasteiger partial charge in [-0.3, -0.25) is 4.79 Å². The van der Waals surface area contributed by atoms with Crippen LogP contribution in [0.4, 0.5) is 5.69 Å². The highest BCUT2D eigenvalue weighted by atomic mass is 16.4. The van der Waals surface area contributed by atoms with Gasteiger partial charge in [-0.05, 0) is 24.3 Å². The van der Waals surface area contributed by atoms with E-state index in [2.05, 4.69) is 20.3 Å². The van der Waals surface area contributed by atoms with E-state index in [4.69, 9.17) is 5.11 Å². The average molecular weight is 282 g/mol. The summed E-state index contributed by atoms with van der Waals surface area (Å²) in [7, 11) is 0. The van der Waals surface area contributed by atoms with Crippen molar-refractivity contribution in [3.63, 3.8) is 0 Å². The van der Waals surface area contributed by atoms with Gasteiger partial charge in [0.05, 0.1) is 0 Å². The molecule has 1 aromatic carbocycles. The summed E-state index contributed by atoms with van der Waals surface area (Å²) < 4.78 is 0. The number of H-pyrrole nitrogens is 1. The summed E-state index contributed by atoms with van der Waals surface area (Å²) in [6, 6.07) is 7.18. The fourth-order valence-corrected chi connectivity index (χ4v) is 1.98. The molecule has 0 aliphatic rings. The average Bonchev–Trinajstić information content (AvgIpc) is 2.94. The van der Waals surface area contributed by atoms with Crippen LogP contribution in [0.15, 0.2) is 42.9 Å². The van der Waals surface area contributed by atoms with E-state index in [1.54, 1.807) is 18.3 Å². The molecule has 0 bridgehead atoms. The topological polar surface area (TPSA) is 108 Å². The molecule has 2 heterocycles. The Bertz CT molecular complexity index is 841. The number of hydrogen-bond donors (Lipinski definition) is 3. The molecule has 7 nitrogen and oxygen atoms in total. The fourth-order valence-electron chi connectivity index (χ4n) is 1.98. The Morgan fingerprint density at radius 2 is 1.86 bits per heavy atom. The highest BCUT2D eigenvalue weighted by Gasteiger charge is 2.19.